The Hall–Kier alpha value is -3.18. The van der Waals surface area contributed by atoms with E-state index in [1.165, 1.54) is 24.3 Å². The van der Waals surface area contributed by atoms with Gasteiger partial charge in [0.1, 0.15) is 16.7 Å². The molecule has 0 fully saturated rings. The fraction of sp³-hybridized carbons (Fsp3) is 0.167. The average molecular weight is 423 g/mol. The second-order valence-electron chi connectivity index (χ2n) is 7.34. The van der Waals surface area contributed by atoms with E-state index in [0.717, 1.165) is 27.6 Å². The lowest BCUT2D eigenvalue weighted by molar-refractivity contribution is 0.0717. The summed E-state index contributed by atoms with van der Waals surface area (Å²) in [5.41, 5.74) is 4.14. The van der Waals surface area contributed by atoms with Gasteiger partial charge in [-0.3, -0.25) is 4.79 Å². The van der Waals surface area contributed by atoms with Gasteiger partial charge >= 0.3 is 0 Å². The van der Waals surface area contributed by atoms with Gasteiger partial charge in [0.25, 0.3) is 5.91 Å². The van der Waals surface area contributed by atoms with E-state index < -0.39 is 5.82 Å². The highest BCUT2D eigenvalue weighted by atomic mass is 35.5. The standard InChI is InChI=1S/C24H20ClFN2O2/c1-15-10-16(2)22-18(11-15)12-19(23(25)27-22)13-28(14-21-4-3-9-30-21)24(29)17-5-7-20(26)8-6-17/h3-12H,13-14H2,1-2H3. The number of carbonyl (C=O) groups is 1. The van der Waals surface area contributed by atoms with Crippen molar-refractivity contribution >= 4 is 28.4 Å². The van der Waals surface area contributed by atoms with E-state index >= 15 is 0 Å². The highest BCUT2D eigenvalue weighted by Gasteiger charge is 2.20. The molecule has 4 aromatic rings. The number of halogens is 2. The summed E-state index contributed by atoms with van der Waals surface area (Å²) in [7, 11) is 0. The molecule has 2 aromatic carbocycles. The second kappa shape index (κ2) is 8.28. The summed E-state index contributed by atoms with van der Waals surface area (Å²) in [6, 6.07) is 15.1. The van der Waals surface area contributed by atoms with Crippen molar-refractivity contribution in [2.75, 3.05) is 0 Å². The molecule has 4 nitrogen and oxygen atoms in total. The number of furan rings is 1. The number of nitrogens with zero attached hydrogens (tertiary/aromatic N) is 2. The number of benzene rings is 2. The largest absolute Gasteiger partial charge is 0.467 e. The zero-order valence-electron chi connectivity index (χ0n) is 16.7. The maximum Gasteiger partial charge on any atom is 0.254 e. The molecular weight excluding hydrogens is 403 g/mol. The summed E-state index contributed by atoms with van der Waals surface area (Å²) >= 11 is 6.49. The highest BCUT2D eigenvalue weighted by molar-refractivity contribution is 6.30. The van der Waals surface area contributed by atoms with Crippen LogP contribution in [0.25, 0.3) is 10.9 Å². The topological polar surface area (TPSA) is 46.3 Å². The number of rotatable bonds is 5. The van der Waals surface area contributed by atoms with E-state index in [1.807, 2.05) is 26.0 Å². The van der Waals surface area contributed by atoms with E-state index in [-0.39, 0.29) is 19.0 Å². The van der Waals surface area contributed by atoms with E-state index in [4.69, 9.17) is 16.0 Å². The van der Waals surface area contributed by atoms with Gasteiger partial charge in [0.15, 0.2) is 0 Å². The molecule has 0 N–H and O–H groups in total. The van der Waals surface area contributed by atoms with Crippen molar-refractivity contribution in [2.45, 2.75) is 26.9 Å². The molecule has 0 radical (unpaired) electrons. The highest BCUT2D eigenvalue weighted by Crippen LogP contribution is 2.26. The molecular formula is C24H20ClFN2O2. The smallest absolute Gasteiger partial charge is 0.254 e. The molecule has 2 aromatic heterocycles. The molecule has 0 aliphatic rings. The Balaban J connectivity index is 1.71. The van der Waals surface area contributed by atoms with Crippen LogP contribution in [0.2, 0.25) is 5.15 Å². The van der Waals surface area contributed by atoms with Gasteiger partial charge in [0.2, 0.25) is 0 Å². The van der Waals surface area contributed by atoms with Crippen molar-refractivity contribution in [1.29, 1.82) is 0 Å². The van der Waals surface area contributed by atoms with Crippen LogP contribution in [0.15, 0.2) is 65.3 Å². The van der Waals surface area contributed by atoms with Crippen molar-refractivity contribution in [2.24, 2.45) is 0 Å². The Kier molecular flexibility index (Phi) is 5.55. The molecule has 0 unspecified atom stereocenters. The lowest BCUT2D eigenvalue weighted by atomic mass is 10.0. The van der Waals surface area contributed by atoms with Crippen molar-refractivity contribution in [3.63, 3.8) is 0 Å². The molecule has 0 atom stereocenters. The summed E-state index contributed by atoms with van der Waals surface area (Å²) < 4.78 is 18.7. The Bertz CT molecular complexity index is 1200. The third-order valence-electron chi connectivity index (χ3n) is 4.95. The first-order valence-electron chi connectivity index (χ1n) is 9.54. The van der Waals surface area contributed by atoms with E-state index in [2.05, 4.69) is 11.1 Å². The van der Waals surface area contributed by atoms with Gasteiger partial charge in [-0.25, -0.2) is 9.37 Å². The lowest BCUT2D eigenvalue weighted by Gasteiger charge is -2.23. The molecule has 152 valence electrons. The zero-order valence-corrected chi connectivity index (χ0v) is 17.4. The molecule has 0 saturated heterocycles. The first-order valence-corrected chi connectivity index (χ1v) is 9.92. The molecule has 0 aliphatic heterocycles. The maximum absolute atomic E-state index is 13.3. The van der Waals surface area contributed by atoms with Gasteiger partial charge in [-0.2, -0.15) is 0 Å². The predicted molar refractivity (Wildman–Crippen MR) is 115 cm³/mol. The minimum Gasteiger partial charge on any atom is -0.467 e. The van der Waals surface area contributed by atoms with Crippen molar-refractivity contribution < 1.29 is 13.6 Å². The van der Waals surface area contributed by atoms with Crippen molar-refractivity contribution in [1.82, 2.24) is 9.88 Å². The van der Waals surface area contributed by atoms with E-state index in [9.17, 15) is 9.18 Å². The summed E-state index contributed by atoms with van der Waals surface area (Å²) in [6.45, 7) is 4.53. The average Bonchev–Trinajstić information content (AvgIpc) is 3.22. The molecule has 2 heterocycles. The second-order valence-corrected chi connectivity index (χ2v) is 7.70. The van der Waals surface area contributed by atoms with Crippen LogP contribution < -0.4 is 0 Å². The van der Waals surface area contributed by atoms with Crippen LogP contribution in [-0.4, -0.2) is 15.8 Å². The fourth-order valence-corrected chi connectivity index (χ4v) is 3.75. The lowest BCUT2D eigenvalue weighted by Crippen LogP contribution is -2.30. The van der Waals surface area contributed by atoms with Gasteiger partial charge in [-0.1, -0.05) is 23.2 Å². The molecule has 6 heteroatoms. The third kappa shape index (κ3) is 4.21. The number of aromatic nitrogens is 1. The summed E-state index contributed by atoms with van der Waals surface area (Å²) in [4.78, 5) is 19.3. The van der Waals surface area contributed by atoms with Gasteiger partial charge in [0, 0.05) is 23.1 Å². The molecule has 0 spiro atoms. The van der Waals surface area contributed by atoms with Crippen molar-refractivity contribution in [3.8, 4) is 0 Å². The number of hydrogen-bond acceptors (Lipinski definition) is 3. The number of pyridine rings is 1. The number of hydrogen-bond donors (Lipinski definition) is 0. The van der Waals surface area contributed by atoms with Crippen LogP contribution in [-0.2, 0) is 13.1 Å². The van der Waals surface area contributed by atoms with Gasteiger partial charge in [-0.05, 0) is 67.9 Å². The molecule has 0 aliphatic carbocycles. The van der Waals surface area contributed by atoms with E-state index in [1.54, 1.807) is 23.3 Å². The van der Waals surface area contributed by atoms with Crippen LogP contribution in [0.1, 0.15) is 32.8 Å². The van der Waals surface area contributed by atoms with Crippen LogP contribution in [0.4, 0.5) is 4.39 Å². The maximum atomic E-state index is 13.3. The molecule has 4 rings (SSSR count). The number of aryl methyl sites for hydroxylation is 2. The first kappa shape index (κ1) is 20.1. The molecule has 0 saturated carbocycles. The Labute approximate surface area is 178 Å². The number of fused-ring (bicyclic) bond motifs is 1. The van der Waals surface area contributed by atoms with E-state index in [0.29, 0.717) is 16.5 Å². The monoisotopic (exact) mass is 422 g/mol. The zero-order chi connectivity index (χ0) is 21.3. The summed E-state index contributed by atoms with van der Waals surface area (Å²) in [5, 5.41) is 1.32. The molecule has 0 bridgehead atoms. The Morgan fingerprint density at radius 3 is 2.57 bits per heavy atom. The third-order valence-corrected chi connectivity index (χ3v) is 5.27. The number of carbonyl (C=O) groups excluding carboxylic acids is 1. The predicted octanol–water partition coefficient (Wildman–Crippen LogP) is 6.08. The van der Waals surface area contributed by atoms with Gasteiger partial charge in [-0.15, -0.1) is 0 Å². The Morgan fingerprint density at radius 1 is 1.10 bits per heavy atom. The van der Waals surface area contributed by atoms with Crippen LogP contribution in [0.5, 0.6) is 0 Å². The van der Waals surface area contributed by atoms with Crippen molar-refractivity contribution in [3.05, 3.63) is 99.8 Å². The SMILES string of the molecule is Cc1cc(C)c2nc(Cl)c(CN(Cc3ccco3)C(=O)c3ccc(F)cc3)cc2c1. The molecule has 30 heavy (non-hydrogen) atoms. The minimum atomic E-state index is -0.392. The molecule has 1 amide bonds. The summed E-state index contributed by atoms with van der Waals surface area (Å²) in [6.07, 6.45) is 1.56. The van der Waals surface area contributed by atoms with Crippen LogP contribution in [0.3, 0.4) is 0 Å². The van der Waals surface area contributed by atoms with Gasteiger partial charge in [0.05, 0.1) is 18.3 Å². The summed E-state index contributed by atoms with van der Waals surface area (Å²) in [5.74, 6) is 0.00153. The van der Waals surface area contributed by atoms with Gasteiger partial charge < -0.3 is 9.32 Å². The Morgan fingerprint density at radius 2 is 1.87 bits per heavy atom. The van der Waals surface area contributed by atoms with Crippen LogP contribution >= 0.6 is 11.6 Å². The first-order chi connectivity index (χ1) is 14.4. The number of amides is 1. The fourth-order valence-electron chi connectivity index (χ4n) is 3.55. The van der Waals surface area contributed by atoms with Crippen LogP contribution in [0, 0.1) is 19.7 Å². The quantitative estimate of drug-likeness (QED) is 0.366. The normalized spacial score (nSPS) is 11.1. The minimum absolute atomic E-state index is 0.242.